The van der Waals surface area contributed by atoms with Crippen molar-refractivity contribution in [2.75, 3.05) is 20.1 Å². The molecule has 0 bridgehead atoms. The number of hydrogen-bond acceptors (Lipinski definition) is 3. The van der Waals surface area contributed by atoms with Crippen molar-refractivity contribution in [1.82, 2.24) is 9.62 Å². The van der Waals surface area contributed by atoms with Gasteiger partial charge in [0, 0.05) is 31.8 Å². The number of halogens is 3. The number of nitrogens with zero attached hydrogens (tertiary/aromatic N) is 1. The molecule has 1 aliphatic heterocycles. The molecule has 19 heavy (non-hydrogen) atoms. The van der Waals surface area contributed by atoms with Crippen molar-refractivity contribution in [2.45, 2.75) is 17.4 Å². The highest BCUT2D eigenvalue weighted by molar-refractivity contribution is 7.89. The Kier molecular flexibility index (Phi) is 3.84. The van der Waals surface area contributed by atoms with Crippen molar-refractivity contribution in [1.29, 1.82) is 0 Å². The van der Waals surface area contributed by atoms with E-state index in [0.717, 1.165) is 4.31 Å². The van der Waals surface area contributed by atoms with Gasteiger partial charge in [0.15, 0.2) is 4.90 Å². The van der Waals surface area contributed by atoms with Crippen LogP contribution < -0.4 is 5.32 Å². The summed E-state index contributed by atoms with van der Waals surface area (Å²) in [6.45, 7) is 1.05. The molecule has 4 nitrogen and oxygen atoms in total. The maximum atomic E-state index is 13.6. The third-order valence-corrected chi connectivity index (χ3v) is 5.11. The van der Waals surface area contributed by atoms with Crippen LogP contribution in [0.15, 0.2) is 17.0 Å². The summed E-state index contributed by atoms with van der Waals surface area (Å²) in [7, 11) is -3.06. The van der Waals surface area contributed by atoms with E-state index in [0.29, 0.717) is 31.6 Å². The number of likely N-dealkylation sites (N-methyl/N-ethyl adjacent to an activating group) is 1. The average molecular weight is 294 g/mol. The van der Waals surface area contributed by atoms with Gasteiger partial charge >= 0.3 is 0 Å². The van der Waals surface area contributed by atoms with Crippen LogP contribution >= 0.6 is 0 Å². The van der Waals surface area contributed by atoms with Gasteiger partial charge in [-0.3, -0.25) is 0 Å². The van der Waals surface area contributed by atoms with E-state index < -0.39 is 32.4 Å². The second kappa shape index (κ2) is 5.10. The summed E-state index contributed by atoms with van der Waals surface area (Å²) >= 11 is 0. The standard InChI is InChI=1S/C11H13F3N2O2S/c1-16(8-2-3-15-6-8)19(17,18)11-9(13)4-7(12)5-10(11)14/h4-5,8,15H,2-3,6H2,1H3. The number of rotatable bonds is 3. The molecule has 1 saturated heterocycles. The third-order valence-electron chi connectivity index (χ3n) is 3.15. The quantitative estimate of drug-likeness (QED) is 0.908. The molecule has 2 rings (SSSR count). The highest BCUT2D eigenvalue weighted by atomic mass is 32.2. The number of hydrogen-bond donors (Lipinski definition) is 1. The Morgan fingerprint density at radius 2 is 1.84 bits per heavy atom. The van der Waals surface area contributed by atoms with Gasteiger partial charge < -0.3 is 5.32 Å². The molecule has 1 heterocycles. The summed E-state index contributed by atoms with van der Waals surface area (Å²) in [4.78, 5) is -1.11. The van der Waals surface area contributed by atoms with E-state index in [1.165, 1.54) is 7.05 Å². The van der Waals surface area contributed by atoms with E-state index in [2.05, 4.69) is 5.32 Å². The smallest absolute Gasteiger partial charge is 0.248 e. The first kappa shape index (κ1) is 14.3. The largest absolute Gasteiger partial charge is 0.315 e. The fourth-order valence-electron chi connectivity index (χ4n) is 2.07. The summed E-state index contributed by atoms with van der Waals surface area (Å²) in [6.07, 6.45) is 0.556. The number of sulfonamides is 1. The van der Waals surface area contributed by atoms with E-state index in [-0.39, 0.29) is 6.04 Å². The second-order valence-corrected chi connectivity index (χ2v) is 6.30. The van der Waals surface area contributed by atoms with Gasteiger partial charge in [-0.25, -0.2) is 21.6 Å². The third kappa shape index (κ3) is 2.60. The highest BCUT2D eigenvalue weighted by Gasteiger charge is 2.34. The van der Waals surface area contributed by atoms with Crippen LogP contribution in [0.1, 0.15) is 6.42 Å². The molecule has 1 fully saturated rings. The highest BCUT2D eigenvalue weighted by Crippen LogP contribution is 2.25. The zero-order chi connectivity index (χ0) is 14.2. The minimum absolute atomic E-state index is 0.358. The normalized spacial score (nSPS) is 20.2. The van der Waals surface area contributed by atoms with Crippen molar-refractivity contribution in [3.63, 3.8) is 0 Å². The summed E-state index contributed by atoms with van der Waals surface area (Å²) in [5.41, 5.74) is 0. The molecule has 1 atom stereocenters. The van der Waals surface area contributed by atoms with Gasteiger partial charge in [0.25, 0.3) is 0 Å². The Balaban J connectivity index is 2.44. The topological polar surface area (TPSA) is 49.4 Å². The first-order chi connectivity index (χ1) is 8.84. The molecule has 1 aromatic rings. The molecule has 106 valence electrons. The summed E-state index contributed by atoms with van der Waals surface area (Å²) in [6, 6.07) is 0.349. The molecule has 1 N–H and O–H groups in total. The predicted octanol–water partition coefficient (Wildman–Crippen LogP) is 1.09. The molecule has 1 unspecified atom stereocenters. The van der Waals surface area contributed by atoms with Gasteiger partial charge in [0.1, 0.15) is 17.5 Å². The van der Waals surface area contributed by atoms with Gasteiger partial charge in [0.2, 0.25) is 10.0 Å². The van der Waals surface area contributed by atoms with Crippen LogP contribution in [0, 0.1) is 17.5 Å². The first-order valence-electron chi connectivity index (χ1n) is 5.67. The Morgan fingerprint density at radius 1 is 1.26 bits per heavy atom. The molecule has 0 saturated carbocycles. The number of benzene rings is 1. The fraction of sp³-hybridized carbons (Fsp3) is 0.455. The lowest BCUT2D eigenvalue weighted by molar-refractivity contribution is 0.380. The van der Waals surface area contributed by atoms with Crippen molar-refractivity contribution in [2.24, 2.45) is 0 Å². The van der Waals surface area contributed by atoms with Crippen molar-refractivity contribution in [3.05, 3.63) is 29.6 Å². The minimum Gasteiger partial charge on any atom is -0.315 e. The number of nitrogens with one attached hydrogen (secondary N) is 1. The molecular weight excluding hydrogens is 281 g/mol. The summed E-state index contributed by atoms with van der Waals surface area (Å²) < 4.78 is 65.2. The zero-order valence-corrected chi connectivity index (χ0v) is 11.0. The minimum atomic E-state index is -4.32. The fourth-order valence-corrected chi connectivity index (χ4v) is 3.54. The lowest BCUT2D eigenvalue weighted by atomic mass is 10.3. The molecule has 8 heteroatoms. The molecule has 0 aromatic heterocycles. The molecule has 1 aliphatic rings. The Morgan fingerprint density at radius 3 is 2.32 bits per heavy atom. The van der Waals surface area contributed by atoms with Crippen LogP contribution in [-0.2, 0) is 10.0 Å². The van der Waals surface area contributed by atoms with Crippen LogP contribution in [0.3, 0.4) is 0 Å². The molecule has 1 aromatic carbocycles. The Labute approximate surface area is 109 Å². The van der Waals surface area contributed by atoms with Gasteiger partial charge in [-0.05, 0) is 13.0 Å². The van der Waals surface area contributed by atoms with E-state index in [1.807, 2.05) is 0 Å². The SMILES string of the molecule is CN(C1CCNC1)S(=O)(=O)c1c(F)cc(F)cc1F. The first-order valence-corrected chi connectivity index (χ1v) is 7.11. The van der Waals surface area contributed by atoms with Crippen LogP contribution in [0.4, 0.5) is 13.2 Å². The van der Waals surface area contributed by atoms with Gasteiger partial charge in [0.05, 0.1) is 0 Å². The van der Waals surface area contributed by atoms with Crippen molar-refractivity contribution < 1.29 is 21.6 Å². The molecule has 0 amide bonds. The van der Waals surface area contributed by atoms with Crippen LogP contribution in [0.2, 0.25) is 0 Å². The zero-order valence-electron chi connectivity index (χ0n) is 10.2. The van der Waals surface area contributed by atoms with Crippen LogP contribution in [-0.4, -0.2) is 38.9 Å². The van der Waals surface area contributed by atoms with Crippen LogP contribution in [0.25, 0.3) is 0 Å². The summed E-state index contributed by atoms with van der Waals surface area (Å²) in [5, 5.41) is 2.96. The van der Waals surface area contributed by atoms with Gasteiger partial charge in [-0.15, -0.1) is 0 Å². The average Bonchev–Trinajstić information content (AvgIpc) is 2.78. The maximum absolute atomic E-state index is 13.6. The van der Waals surface area contributed by atoms with Crippen molar-refractivity contribution in [3.8, 4) is 0 Å². The Bertz CT molecular complexity index is 563. The predicted molar refractivity (Wildman–Crippen MR) is 62.5 cm³/mol. The van der Waals surface area contributed by atoms with E-state index in [4.69, 9.17) is 0 Å². The van der Waals surface area contributed by atoms with E-state index >= 15 is 0 Å². The maximum Gasteiger partial charge on any atom is 0.248 e. The molecular formula is C11H13F3N2O2S. The van der Waals surface area contributed by atoms with Crippen molar-refractivity contribution >= 4 is 10.0 Å². The lowest BCUT2D eigenvalue weighted by Crippen LogP contribution is -2.39. The Hall–Kier alpha value is -1.12. The molecule has 0 radical (unpaired) electrons. The molecule has 0 spiro atoms. The van der Waals surface area contributed by atoms with E-state index in [9.17, 15) is 21.6 Å². The summed E-state index contributed by atoms with van der Waals surface area (Å²) in [5.74, 6) is -4.00. The van der Waals surface area contributed by atoms with Gasteiger partial charge in [-0.2, -0.15) is 4.31 Å². The van der Waals surface area contributed by atoms with Crippen LogP contribution in [0.5, 0.6) is 0 Å². The van der Waals surface area contributed by atoms with E-state index in [1.54, 1.807) is 0 Å². The van der Waals surface area contributed by atoms with Gasteiger partial charge in [-0.1, -0.05) is 0 Å². The molecule has 0 aliphatic carbocycles. The monoisotopic (exact) mass is 294 g/mol. The second-order valence-electron chi connectivity index (χ2n) is 4.37. The lowest BCUT2D eigenvalue weighted by Gasteiger charge is -2.23.